The molecule has 0 radical (unpaired) electrons. The fourth-order valence-corrected chi connectivity index (χ4v) is 3.70. The Morgan fingerprint density at radius 3 is 2.44 bits per heavy atom. The van der Waals surface area contributed by atoms with Crippen LogP contribution in [0.15, 0.2) is 27.8 Å². The predicted molar refractivity (Wildman–Crippen MR) is 124 cm³/mol. The zero-order valence-corrected chi connectivity index (χ0v) is 19.9. The van der Waals surface area contributed by atoms with Gasteiger partial charge in [-0.1, -0.05) is 13.8 Å². The highest BCUT2D eigenvalue weighted by Gasteiger charge is 2.23. The van der Waals surface area contributed by atoms with E-state index >= 15 is 0 Å². The summed E-state index contributed by atoms with van der Waals surface area (Å²) in [5.74, 6) is 1.89. The predicted octanol–water partition coefficient (Wildman–Crippen LogP) is 3.32. The molecule has 6 nitrogen and oxygen atoms in total. The smallest absolute Gasteiger partial charge is 0.191 e. The Bertz CT molecular complexity index is 522. The SMILES string of the molecule is CCN(CC)C(CNC(=NC)NC1CCN(C(C)C)CC1)c1ccco1.I. The van der Waals surface area contributed by atoms with Gasteiger partial charge in [-0.3, -0.25) is 9.89 Å². The van der Waals surface area contributed by atoms with Crippen LogP contribution in [0.25, 0.3) is 0 Å². The van der Waals surface area contributed by atoms with Gasteiger partial charge in [0.1, 0.15) is 5.76 Å². The Balaban J connectivity index is 0.00000364. The van der Waals surface area contributed by atoms with E-state index < -0.39 is 0 Å². The number of aliphatic imine (C=N–C) groups is 1. The second-order valence-electron chi connectivity index (χ2n) is 7.25. The number of guanidine groups is 1. The number of hydrogen-bond acceptors (Lipinski definition) is 4. The third kappa shape index (κ3) is 7.27. The Hall–Kier alpha value is -0.800. The van der Waals surface area contributed by atoms with Crippen molar-refractivity contribution >= 4 is 29.9 Å². The quantitative estimate of drug-likeness (QED) is 0.332. The summed E-state index contributed by atoms with van der Waals surface area (Å²) in [6.07, 6.45) is 4.08. The van der Waals surface area contributed by atoms with Crippen LogP contribution in [0.3, 0.4) is 0 Å². The molecule has 0 amide bonds. The van der Waals surface area contributed by atoms with Crippen LogP contribution in [-0.4, -0.2) is 67.6 Å². The Labute approximate surface area is 182 Å². The van der Waals surface area contributed by atoms with Gasteiger partial charge in [0, 0.05) is 38.8 Å². The highest BCUT2D eigenvalue weighted by atomic mass is 127. The van der Waals surface area contributed by atoms with Gasteiger partial charge in [0.2, 0.25) is 0 Å². The van der Waals surface area contributed by atoms with Gasteiger partial charge in [0.05, 0.1) is 12.3 Å². The summed E-state index contributed by atoms with van der Waals surface area (Å²) >= 11 is 0. The maximum atomic E-state index is 5.68. The summed E-state index contributed by atoms with van der Waals surface area (Å²) in [5, 5.41) is 7.12. The van der Waals surface area contributed by atoms with E-state index in [2.05, 4.69) is 59.2 Å². The fraction of sp³-hybridized carbons (Fsp3) is 0.750. The van der Waals surface area contributed by atoms with Crippen LogP contribution >= 0.6 is 24.0 Å². The first-order valence-corrected chi connectivity index (χ1v) is 10.1. The van der Waals surface area contributed by atoms with Gasteiger partial charge in [-0.25, -0.2) is 0 Å². The van der Waals surface area contributed by atoms with Crippen molar-refractivity contribution in [2.45, 2.75) is 58.7 Å². The van der Waals surface area contributed by atoms with Gasteiger partial charge >= 0.3 is 0 Å². The number of nitrogens with zero attached hydrogens (tertiary/aromatic N) is 3. The minimum Gasteiger partial charge on any atom is -0.468 e. The second-order valence-corrected chi connectivity index (χ2v) is 7.25. The Morgan fingerprint density at radius 1 is 1.30 bits per heavy atom. The molecule has 27 heavy (non-hydrogen) atoms. The summed E-state index contributed by atoms with van der Waals surface area (Å²) < 4.78 is 5.68. The van der Waals surface area contributed by atoms with Crippen LogP contribution in [0.5, 0.6) is 0 Å². The summed E-state index contributed by atoms with van der Waals surface area (Å²) in [6, 6.07) is 5.36. The normalized spacial score (nSPS) is 17.8. The van der Waals surface area contributed by atoms with E-state index in [1.807, 2.05) is 13.1 Å². The maximum Gasteiger partial charge on any atom is 0.191 e. The van der Waals surface area contributed by atoms with Crippen LogP contribution in [-0.2, 0) is 0 Å². The first-order chi connectivity index (χ1) is 12.6. The monoisotopic (exact) mass is 491 g/mol. The van der Waals surface area contributed by atoms with Crippen molar-refractivity contribution in [1.29, 1.82) is 0 Å². The second kappa shape index (κ2) is 12.6. The molecular weight excluding hydrogens is 453 g/mol. The molecule has 0 aliphatic carbocycles. The van der Waals surface area contributed by atoms with Crippen LogP contribution in [0, 0.1) is 0 Å². The lowest BCUT2D eigenvalue weighted by atomic mass is 10.0. The number of hydrogen-bond donors (Lipinski definition) is 2. The van der Waals surface area contributed by atoms with Gasteiger partial charge in [0.25, 0.3) is 0 Å². The number of likely N-dealkylation sites (tertiary alicyclic amines) is 1. The minimum atomic E-state index is 0. The van der Waals surface area contributed by atoms with Crippen molar-refractivity contribution in [2.24, 2.45) is 4.99 Å². The number of nitrogens with one attached hydrogen (secondary N) is 2. The highest BCUT2D eigenvalue weighted by molar-refractivity contribution is 14.0. The molecule has 1 aromatic heterocycles. The highest BCUT2D eigenvalue weighted by Crippen LogP contribution is 2.20. The zero-order valence-electron chi connectivity index (χ0n) is 17.6. The molecular formula is C20H38IN5O. The topological polar surface area (TPSA) is 56.0 Å². The molecule has 0 spiro atoms. The fourth-order valence-electron chi connectivity index (χ4n) is 3.70. The molecule has 0 aromatic carbocycles. The molecule has 1 atom stereocenters. The van der Waals surface area contributed by atoms with E-state index in [1.165, 1.54) is 0 Å². The minimum absolute atomic E-state index is 0. The van der Waals surface area contributed by atoms with E-state index in [-0.39, 0.29) is 30.0 Å². The van der Waals surface area contributed by atoms with Crippen molar-refractivity contribution < 1.29 is 4.42 Å². The third-order valence-corrected chi connectivity index (χ3v) is 5.41. The lowest BCUT2D eigenvalue weighted by molar-refractivity contribution is 0.167. The van der Waals surface area contributed by atoms with Gasteiger partial charge in [0.15, 0.2) is 5.96 Å². The lowest BCUT2D eigenvalue weighted by Crippen LogP contribution is -2.51. The van der Waals surface area contributed by atoms with Crippen LogP contribution < -0.4 is 10.6 Å². The zero-order chi connectivity index (χ0) is 18.9. The molecule has 7 heteroatoms. The van der Waals surface area contributed by atoms with E-state index in [9.17, 15) is 0 Å². The molecule has 0 saturated carbocycles. The summed E-state index contributed by atoms with van der Waals surface area (Å²) in [4.78, 5) is 9.38. The van der Waals surface area contributed by atoms with E-state index in [0.29, 0.717) is 12.1 Å². The van der Waals surface area contributed by atoms with Gasteiger partial charge < -0.3 is 20.0 Å². The van der Waals surface area contributed by atoms with Crippen LogP contribution in [0.4, 0.5) is 0 Å². The van der Waals surface area contributed by atoms with E-state index in [4.69, 9.17) is 4.42 Å². The number of halogens is 1. The Morgan fingerprint density at radius 2 is 1.96 bits per heavy atom. The lowest BCUT2D eigenvalue weighted by Gasteiger charge is -2.35. The first kappa shape index (κ1) is 24.2. The van der Waals surface area contributed by atoms with Crippen molar-refractivity contribution in [2.75, 3.05) is 39.8 Å². The standard InChI is InChI=1S/C20H37N5O.HI/c1-6-24(7-2)18(19-9-8-14-26-19)15-22-20(21-5)23-17-10-12-25(13-11-17)16(3)4;/h8-9,14,16-18H,6-7,10-13,15H2,1-5H3,(H2,21,22,23);1H. The third-order valence-electron chi connectivity index (χ3n) is 5.41. The number of piperidine rings is 1. The first-order valence-electron chi connectivity index (χ1n) is 10.1. The number of rotatable bonds is 8. The van der Waals surface area contributed by atoms with Crippen LogP contribution in [0.1, 0.15) is 52.3 Å². The average Bonchev–Trinajstić information content (AvgIpc) is 3.18. The molecule has 2 N–H and O–H groups in total. The van der Waals surface area contributed by atoms with Gasteiger partial charge in [-0.15, -0.1) is 24.0 Å². The molecule has 1 aliphatic heterocycles. The van der Waals surface area contributed by atoms with Gasteiger partial charge in [-0.05, 0) is 51.9 Å². The molecule has 2 rings (SSSR count). The van der Waals surface area contributed by atoms with E-state index in [0.717, 1.165) is 57.3 Å². The van der Waals surface area contributed by atoms with Crippen molar-refractivity contribution in [3.05, 3.63) is 24.2 Å². The molecule has 1 fully saturated rings. The molecule has 1 saturated heterocycles. The average molecular weight is 491 g/mol. The van der Waals surface area contributed by atoms with Crippen molar-refractivity contribution in [1.82, 2.24) is 20.4 Å². The molecule has 1 aromatic rings. The summed E-state index contributed by atoms with van der Waals surface area (Å²) in [5.41, 5.74) is 0. The van der Waals surface area contributed by atoms with Crippen molar-refractivity contribution in [3.63, 3.8) is 0 Å². The van der Waals surface area contributed by atoms with Crippen molar-refractivity contribution in [3.8, 4) is 0 Å². The summed E-state index contributed by atoms with van der Waals surface area (Å²) in [7, 11) is 1.85. The van der Waals surface area contributed by atoms with Gasteiger partial charge in [-0.2, -0.15) is 0 Å². The number of likely N-dealkylation sites (N-methyl/N-ethyl adjacent to an activating group) is 1. The molecule has 1 unspecified atom stereocenters. The van der Waals surface area contributed by atoms with E-state index in [1.54, 1.807) is 6.26 Å². The Kier molecular flexibility index (Phi) is 11.3. The molecule has 156 valence electrons. The molecule has 0 bridgehead atoms. The summed E-state index contributed by atoms with van der Waals surface area (Å²) in [6.45, 7) is 14.0. The maximum absolute atomic E-state index is 5.68. The molecule has 1 aliphatic rings. The molecule has 2 heterocycles. The largest absolute Gasteiger partial charge is 0.468 e. The number of furan rings is 1. The van der Waals surface area contributed by atoms with Crippen LogP contribution in [0.2, 0.25) is 0 Å².